The first-order valence-corrected chi connectivity index (χ1v) is 7.15. The molecule has 0 radical (unpaired) electrons. The van der Waals surface area contributed by atoms with Gasteiger partial charge in [0.05, 0.1) is 18.4 Å². The molecule has 1 N–H and O–H groups in total. The molecule has 1 aromatic carbocycles. The van der Waals surface area contributed by atoms with E-state index in [4.69, 9.17) is 6.42 Å². The molecule has 0 aliphatic carbocycles. The first-order valence-electron chi connectivity index (χ1n) is 7.15. The fourth-order valence-corrected chi connectivity index (χ4v) is 2.16. The zero-order valence-corrected chi connectivity index (χ0v) is 12.9. The summed E-state index contributed by atoms with van der Waals surface area (Å²) in [6, 6.07) is 1.37. The molecule has 6 nitrogen and oxygen atoms in total. The van der Waals surface area contributed by atoms with Crippen LogP contribution in [0.4, 0.5) is 14.5 Å². The lowest BCUT2D eigenvalue weighted by Crippen LogP contribution is -2.20. The highest BCUT2D eigenvalue weighted by molar-refractivity contribution is 6.01. The van der Waals surface area contributed by atoms with Crippen molar-refractivity contribution >= 4 is 17.6 Å². The van der Waals surface area contributed by atoms with Crippen LogP contribution >= 0.6 is 0 Å². The third kappa shape index (κ3) is 4.13. The fraction of sp³-hybridized carbons (Fsp3) is 0.375. The number of benzene rings is 1. The third-order valence-corrected chi connectivity index (χ3v) is 3.53. The van der Waals surface area contributed by atoms with Crippen molar-refractivity contribution in [1.82, 2.24) is 0 Å². The molecule has 0 bridgehead atoms. The number of halogens is 2. The van der Waals surface area contributed by atoms with Crippen LogP contribution < -0.4 is 5.32 Å². The van der Waals surface area contributed by atoms with E-state index >= 15 is 0 Å². The molecule has 1 amide bonds. The molecule has 126 valence electrons. The number of amides is 1. The highest BCUT2D eigenvalue weighted by Gasteiger charge is 2.39. The van der Waals surface area contributed by atoms with E-state index in [9.17, 15) is 18.4 Å². The van der Waals surface area contributed by atoms with Gasteiger partial charge in [0, 0.05) is 31.7 Å². The molecular formula is C16H15F2N3O3. The number of hydrogen-bond donors (Lipinski definition) is 1. The smallest absolute Gasteiger partial charge is 0.340 e. The van der Waals surface area contributed by atoms with Gasteiger partial charge in [-0.25, -0.2) is 13.6 Å². The van der Waals surface area contributed by atoms with E-state index < -0.39 is 40.4 Å². The fourth-order valence-electron chi connectivity index (χ4n) is 2.16. The molecule has 2 rings (SSSR count). The van der Waals surface area contributed by atoms with Crippen LogP contribution in [0.15, 0.2) is 22.4 Å². The minimum absolute atomic E-state index is 0.00496. The summed E-state index contributed by atoms with van der Waals surface area (Å²) >= 11 is 0. The largest absolute Gasteiger partial charge is 0.465 e. The van der Waals surface area contributed by atoms with Gasteiger partial charge in [-0.1, -0.05) is 0 Å². The molecule has 0 saturated heterocycles. The van der Waals surface area contributed by atoms with E-state index in [1.807, 2.05) is 0 Å². The average molecular weight is 335 g/mol. The van der Waals surface area contributed by atoms with Crippen molar-refractivity contribution < 1.29 is 23.1 Å². The zero-order chi connectivity index (χ0) is 17.7. The quantitative estimate of drug-likeness (QED) is 0.614. The van der Waals surface area contributed by atoms with Crippen LogP contribution in [0.5, 0.6) is 0 Å². The lowest BCUT2D eigenvalue weighted by Gasteiger charge is -2.12. The van der Waals surface area contributed by atoms with Gasteiger partial charge in [0.1, 0.15) is 5.82 Å². The van der Waals surface area contributed by atoms with Crippen LogP contribution in [0.2, 0.25) is 0 Å². The van der Waals surface area contributed by atoms with Crippen LogP contribution in [0.25, 0.3) is 0 Å². The maximum atomic E-state index is 13.9. The Kier molecular flexibility index (Phi) is 5.24. The number of esters is 1. The van der Waals surface area contributed by atoms with Gasteiger partial charge in [0.25, 0.3) is 0 Å². The Morgan fingerprint density at radius 2 is 2.04 bits per heavy atom. The SMILES string of the molecule is C#CCCC1(CCC(=O)Nc2c(F)cc(F)cc2C(=O)OC)N=N1. The van der Waals surface area contributed by atoms with Gasteiger partial charge in [-0.2, -0.15) is 10.2 Å². The topological polar surface area (TPSA) is 80.1 Å². The number of anilines is 1. The Morgan fingerprint density at radius 1 is 1.33 bits per heavy atom. The Bertz CT molecular complexity index is 735. The van der Waals surface area contributed by atoms with Gasteiger partial charge in [0.2, 0.25) is 5.91 Å². The van der Waals surface area contributed by atoms with Crippen LogP contribution in [-0.2, 0) is 9.53 Å². The average Bonchev–Trinajstić information content (AvgIpc) is 3.33. The van der Waals surface area contributed by atoms with Crippen molar-refractivity contribution in [1.29, 1.82) is 0 Å². The summed E-state index contributed by atoms with van der Waals surface area (Å²) in [5, 5.41) is 10.1. The molecule has 1 heterocycles. The maximum Gasteiger partial charge on any atom is 0.340 e. The zero-order valence-electron chi connectivity index (χ0n) is 12.9. The first kappa shape index (κ1) is 17.5. The molecule has 8 heteroatoms. The van der Waals surface area contributed by atoms with Gasteiger partial charge in [-0.15, -0.1) is 12.3 Å². The Labute approximate surface area is 137 Å². The van der Waals surface area contributed by atoms with Crippen molar-refractivity contribution in [2.24, 2.45) is 10.2 Å². The minimum atomic E-state index is -1.06. The summed E-state index contributed by atoms with van der Waals surface area (Å²) in [5.41, 5.74) is -1.46. The number of nitrogens with zero attached hydrogens (tertiary/aromatic N) is 2. The number of methoxy groups -OCH3 is 1. The monoisotopic (exact) mass is 335 g/mol. The predicted octanol–water partition coefficient (Wildman–Crippen LogP) is 3.05. The van der Waals surface area contributed by atoms with E-state index in [2.05, 4.69) is 26.2 Å². The van der Waals surface area contributed by atoms with Gasteiger partial charge < -0.3 is 10.1 Å². The van der Waals surface area contributed by atoms with Crippen LogP contribution in [0.3, 0.4) is 0 Å². The van der Waals surface area contributed by atoms with Crippen molar-refractivity contribution in [2.75, 3.05) is 12.4 Å². The Morgan fingerprint density at radius 3 is 2.62 bits per heavy atom. The number of nitrogens with one attached hydrogen (secondary N) is 1. The summed E-state index contributed by atoms with van der Waals surface area (Å²) in [5.74, 6) is -1.05. The molecule has 0 saturated carbocycles. The number of rotatable bonds is 7. The number of hydrogen-bond acceptors (Lipinski definition) is 5. The molecule has 1 aliphatic rings. The van der Waals surface area contributed by atoms with Crippen molar-refractivity contribution in [3.63, 3.8) is 0 Å². The summed E-state index contributed by atoms with van der Waals surface area (Å²) < 4.78 is 31.6. The summed E-state index contributed by atoms with van der Waals surface area (Å²) in [7, 11) is 1.07. The maximum absolute atomic E-state index is 13.9. The number of carbonyl (C=O) groups is 2. The van der Waals surface area contributed by atoms with Gasteiger partial charge >= 0.3 is 5.97 Å². The second kappa shape index (κ2) is 7.17. The number of ether oxygens (including phenoxy) is 1. The molecule has 0 unspecified atom stereocenters. The summed E-state index contributed by atoms with van der Waals surface area (Å²) in [6.07, 6.45) is 6.51. The highest BCUT2D eigenvalue weighted by atomic mass is 19.1. The Balaban J connectivity index is 2.04. The predicted molar refractivity (Wildman–Crippen MR) is 81.2 cm³/mol. The van der Waals surface area contributed by atoms with Crippen LogP contribution in [0.1, 0.15) is 36.0 Å². The van der Waals surface area contributed by atoms with Crippen molar-refractivity contribution in [3.05, 3.63) is 29.3 Å². The molecule has 24 heavy (non-hydrogen) atoms. The van der Waals surface area contributed by atoms with E-state index in [1.165, 1.54) is 0 Å². The number of terminal acetylenes is 1. The molecular weight excluding hydrogens is 320 g/mol. The van der Waals surface area contributed by atoms with Gasteiger partial charge in [-0.3, -0.25) is 4.79 Å². The molecule has 0 fully saturated rings. The summed E-state index contributed by atoms with van der Waals surface area (Å²) in [6.45, 7) is 0. The van der Waals surface area contributed by atoms with Crippen LogP contribution in [-0.4, -0.2) is 24.6 Å². The lowest BCUT2D eigenvalue weighted by molar-refractivity contribution is -0.116. The van der Waals surface area contributed by atoms with Crippen molar-refractivity contribution in [2.45, 2.75) is 31.3 Å². The lowest BCUT2D eigenvalue weighted by atomic mass is 10.0. The second-order valence-electron chi connectivity index (χ2n) is 5.24. The van der Waals surface area contributed by atoms with Gasteiger partial charge in [0.15, 0.2) is 11.5 Å². The van der Waals surface area contributed by atoms with E-state index in [0.29, 0.717) is 25.3 Å². The normalized spacial score (nSPS) is 13.9. The Hall–Kier alpha value is -2.82. The molecule has 1 aliphatic heterocycles. The first-order chi connectivity index (χ1) is 11.4. The van der Waals surface area contributed by atoms with Crippen molar-refractivity contribution in [3.8, 4) is 12.3 Å². The standard InChI is InChI=1S/C16H15F2N3O3/c1-3-4-6-16(20-21-16)7-5-13(22)19-14-11(15(23)24-2)8-10(17)9-12(14)18/h1,8-9H,4-7H2,2H3,(H,19,22). The summed E-state index contributed by atoms with van der Waals surface area (Å²) in [4.78, 5) is 23.6. The second-order valence-corrected chi connectivity index (χ2v) is 5.24. The van der Waals surface area contributed by atoms with Gasteiger partial charge in [-0.05, 0) is 6.07 Å². The van der Waals surface area contributed by atoms with E-state index in [1.54, 1.807) is 0 Å². The van der Waals surface area contributed by atoms with E-state index in [-0.39, 0.29) is 6.42 Å². The third-order valence-electron chi connectivity index (χ3n) is 3.53. The molecule has 0 aromatic heterocycles. The molecule has 0 atom stereocenters. The minimum Gasteiger partial charge on any atom is -0.465 e. The molecule has 0 spiro atoms. The highest BCUT2D eigenvalue weighted by Crippen LogP contribution is 2.37. The van der Waals surface area contributed by atoms with Crippen LogP contribution in [0, 0.1) is 24.0 Å². The molecule has 1 aromatic rings. The van der Waals surface area contributed by atoms with E-state index in [0.717, 1.165) is 13.2 Å². The number of carbonyl (C=O) groups excluding carboxylic acids is 2.